The predicted octanol–water partition coefficient (Wildman–Crippen LogP) is 0.958. The number of hydrogen-bond donors (Lipinski definition) is 2. The molecular weight excluding hydrogens is 326 g/mol. The van der Waals surface area contributed by atoms with Crippen LogP contribution in [0.1, 0.15) is 19.3 Å². The largest absolute Gasteiger partial charge is 0.370 e. The Balaban J connectivity index is 1.87. The van der Waals surface area contributed by atoms with Crippen molar-refractivity contribution >= 4 is 27.5 Å². The van der Waals surface area contributed by atoms with E-state index in [0.29, 0.717) is 30.8 Å². The minimum Gasteiger partial charge on any atom is -0.370 e. The van der Waals surface area contributed by atoms with Gasteiger partial charge in [0.05, 0.1) is 4.90 Å². The fraction of sp³-hybridized carbons (Fsp3) is 0.500. The van der Waals surface area contributed by atoms with Crippen molar-refractivity contribution in [1.29, 1.82) is 0 Å². The molecule has 1 aliphatic heterocycles. The molecule has 1 saturated heterocycles. The molecule has 0 unspecified atom stereocenters. The van der Waals surface area contributed by atoms with E-state index in [4.69, 9.17) is 17.3 Å². The highest BCUT2D eigenvalue weighted by Gasteiger charge is 2.24. The molecule has 0 aliphatic carbocycles. The molecule has 1 heterocycles. The standard InChI is InChI=1S/C14H20ClN3O3S/c15-11-1-3-13(4-2-11)22(20,21)17-12-5-8-18(9-6-12)10-7-14(16)19/h1-4,12,17H,5-10H2,(H2,16,19). The van der Waals surface area contributed by atoms with Gasteiger partial charge in [-0.25, -0.2) is 13.1 Å². The summed E-state index contributed by atoms with van der Waals surface area (Å²) >= 11 is 5.77. The Morgan fingerprint density at radius 3 is 2.41 bits per heavy atom. The van der Waals surface area contributed by atoms with Crippen LogP contribution in [0.25, 0.3) is 0 Å². The third-order valence-corrected chi connectivity index (χ3v) is 5.50. The van der Waals surface area contributed by atoms with Crippen LogP contribution in [0.15, 0.2) is 29.2 Å². The fourth-order valence-corrected chi connectivity index (χ4v) is 3.87. The van der Waals surface area contributed by atoms with Crippen LogP contribution < -0.4 is 10.5 Å². The number of likely N-dealkylation sites (tertiary alicyclic amines) is 1. The number of nitrogens with two attached hydrogens (primary N) is 1. The van der Waals surface area contributed by atoms with Crippen LogP contribution in [0.3, 0.4) is 0 Å². The molecule has 122 valence electrons. The first-order chi connectivity index (χ1) is 10.4. The number of carbonyl (C=O) groups is 1. The molecule has 8 heteroatoms. The lowest BCUT2D eigenvalue weighted by Crippen LogP contribution is -2.45. The van der Waals surface area contributed by atoms with Crippen LogP contribution in [0.4, 0.5) is 0 Å². The van der Waals surface area contributed by atoms with E-state index in [-0.39, 0.29) is 16.8 Å². The van der Waals surface area contributed by atoms with Crippen LogP contribution >= 0.6 is 11.6 Å². The number of hydrogen-bond acceptors (Lipinski definition) is 4. The molecule has 22 heavy (non-hydrogen) atoms. The zero-order valence-corrected chi connectivity index (χ0v) is 13.7. The van der Waals surface area contributed by atoms with E-state index >= 15 is 0 Å². The molecule has 3 N–H and O–H groups in total. The molecular formula is C14H20ClN3O3S. The van der Waals surface area contributed by atoms with Gasteiger partial charge in [0.2, 0.25) is 15.9 Å². The van der Waals surface area contributed by atoms with Crippen LogP contribution in [0, 0.1) is 0 Å². The zero-order valence-electron chi connectivity index (χ0n) is 12.2. The minimum atomic E-state index is -3.52. The van der Waals surface area contributed by atoms with Crippen molar-refractivity contribution < 1.29 is 13.2 Å². The molecule has 1 aliphatic rings. The monoisotopic (exact) mass is 345 g/mol. The first-order valence-corrected chi connectivity index (χ1v) is 9.01. The summed E-state index contributed by atoms with van der Waals surface area (Å²) in [5, 5.41) is 0.502. The van der Waals surface area contributed by atoms with Gasteiger partial charge in [0.25, 0.3) is 0 Å². The van der Waals surface area contributed by atoms with Crippen molar-refractivity contribution in [3.8, 4) is 0 Å². The third kappa shape index (κ3) is 4.95. The van der Waals surface area contributed by atoms with E-state index in [9.17, 15) is 13.2 Å². The van der Waals surface area contributed by atoms with Gasteiger partial charge in [-0.15, -0.1) is 0 Å². The Hall–Kier alpha value is -1.15. The van der Waals surface area contributed by atoms with Gasteiger partial charge in [-0.1, -0.05) is 11.6 Å². The van der Waals surface area contributed by atoms with Crippen LogP contribution in [-0.2, 0) is 14.8 Å². The number of nitrogens with zero attached hydrogens (tertiary/aromatic N) is 1. The molecule has 1 fully saturated rings. The quantitative estimate of drug-likeness (QED) is 0.803. The number of primary amides is 1. The second-order valence-electron chi connectivity index (χ2n) is 5.41. The van der Waals surface area contributed by atoms with E-state index in [2.05, 4.69) is 9.62 Å². The van der Waals surface area contributed by atoms with Gasteiger partial charge in [-0.05, 0) is 50.2 Å². The van der Waals surface area contributed by atoms with Gasteiger partial charge in [0.15, 0.2) is 0 Å². The Bertz CT molecular complexity index is 611. The lowest BCUT2D eigenvalue weighted by atomic mass is 10.1. The van der Waals surface area contributed by atoms with Crippen LogP contribution in [-0.4, -0.2) is 44.9 Å². The average Bonchev–Trinajstić information content (AvgIpc) is 2.46. The first-order valence-electron chi connectivity index (χ1n) is 7.15. The molecule has 0 radical (unpaired) electrons. The summed E-state index contributed by atoms with van der Waals surface area (Å²) in [5.41, 5.74) is 5.13. The summed E-state index contributed by atoms with van der Waals surface area (Å²) in [6, 6.07) is 6.01. The Morgan fingerprint density at radius 2 is 1.86 bits per heavy atom. The molecule has 6 nitrogen and oxygen atoms in total. The van der Waals surface area contributed by atoms with Crippen molar-refractivity contribution in [3.63, 3.8) is 0 Å². The van der Waals surface area contributed by atoms with Crippen molar-refractivity contribution in [3.05, 3.63) is 29.3 Å². The maximum Gasteiger partial charge on any atom is 0.240 e. The number of benzene rings is 1. The zero-order chi connectivity index (χ0) is 16.2. The summed E-state index contributed by atoms with van der Waals surface area (Å²) < 4.78 is 27.3. The third-order valence-electron chi connectivity index (χ3n) is 3.71. The summed E-state index contributed by atoms with van der Waals surface area (Å²) in [6.07, 6.45) is 1.76. The molecule has 0 atom stereocenters. The van der Waals surface area contributed by atoms with Crippen LogP contribution in [0.5, 0.6) is 0 Å². The van der Waals surface area contributed by atoms with Gasteiger partial charge in [0.1, 0.15) is 0 Å². The highest BCUT2D eigenvalue weighted by atomic mass is 35.5. The number of nitrogens with one attached hydrogen (secondary N) is 1. The average molecular weight is 346 g/mol. The van der Waals surface area contributed by atoms with E-state index in [1.165, 1.54) is 12.1 Å². The Labute approximate surface area is 135 Å². The summed E-state index contributed by atoms with van der Waals surface area (Å²) in [5.74, 6) is -0.314. The van der Waals surface area contributed by atoms with Gasteiger partial charge >= 0.3 is 0 Å². The van der Waals surface area contributed by atoms with Crippen molar-refractivity contribution in [2.45, 2.75) is 30.2 Å². The summed E-state index contributed by atoms with van der Waals surface area (Å²) in [7, 11) is -3.52. The number of sulfonamides is 1. The van der Waals surface area contributed by atoms with Gasteiger partial charge in [-0.3, -0.25) is 4.79 Å². The number of carbonyl (C=O) groups excluding carboxylic acids is 1. The lowest BCUT2D eigenvalue weighted by Gasteiger charge is -2.31. The topological polar surface area (TPSA) is 92.5 Å². The molecule has 1 amide bonds. The molecule has 0 spiro atoms. The fourth-order valence-electron chi connectivity index (χ4n) is 2.44. The Morgan fingerprint density at radius 1 is 1.27 bits per heavy atom. The Kier molecular flexibility index (Phi) is 5.80. The molecule has 0 aromatic heterocycles. The van der Waals surface area contributed by atoms with Crippen molar-refractivity contribution in [1.82, 2.24) is 9.62 Å². The first kappa shape index (κ1) is 17.2. The number of rotatable bonds is 6. The molecule has 1 aromatic rings. The SMILES string of the molecule is NC(=O)CCN1CCC(NS(=O)(=O)c2ccc(Cl)cc2)CC1. The number of amides is 1. The van der Waals surface area contributed by atoms with Crippen molar-refractivity contribution in [2.24, 2.45) is 5.73 Å². The van der Waals surface area contributed by atoms with E-state index in [1.54, 1.807) is 12.1 Å². The lowest BCUT2D eigenvalue weighted by molar-refractivity contribution is -0.118. The number of piperidine rings is 1. The normalized spacial score (nSPS) is 17.5. The summed E-state index contributed by atoms with van der Waals surface area (Å²) in [4.78, 5) is 13.1. The molecule has 1 aromatic carbocycles. The molecule has 0 bridgehead atoms. The van der Waals surface area contributed by atoms with Crippen LogP contribution in [0.2, 0.25) is 5.02 Å². The van der Waals surface area contributed by atoms with Gasteiger partial charge in [0, 0.05) is 24.0 Å². The molecule has 0 saturated carbocycles. The molecule has 2 rings (SSSR count). The maximum absolute atomic E-state index is 12.3. The maximum atomic E-state index is 12.3. The second kappa shape index (κ2) is 7.41. The van der Waals surface area contributed by atoms with E-state index in [0.717, 1.165) is 13.1 Å². The van der Waals surface area contributed by atoms with Gasteiger partial charge < -0.3 is 10.6 Å². The summed E-state index contributed by atoms with van der Waals surface area (Å²) in [6.45, 7) is 2.13. The number of halogens is 1. The van der Waals surface area contributed by atoms with Gasteiger partial charge in [-0.2, -0.15) is 0 Å². The predicted molar refractivity (Wildman–Crippen MR) is 85.0 cm³/mol. The van der Waals surface area contributed by atoms with E-state index < -0.39 is 10.0 Å². The second-order valence-corrected chi connectivity index (χ2v) is 7.56. The smallest absolute Gasteiger partial charge is 0.240 e. The highest BCUT2D eigenvalue weighted by Crippen LogP contribution is 2.17. The minimum absolute atomic E-state index is 0.0921. The highest BCUT2D eigenvalue weighted by molar-refractivity contribution is 7.89. The van der Waals surface area contributed by atoms with Crippen molar-refractivity contribution in [2.75, 3.05) is 19.6 Å². The van der Waals surface area contributed by atoms with E-state index in [1.807, 2.05) is 0 Å².